The topological polar surface area (TPSA) is 76.7 Å². The minimum Gasteiger partial charge on any atom is -0.493 e. The van der Waals surface area contributed by atoms with Crippen LogP contribution in [-0.4, -0.2) is 30.6 Å². The van der Waals surface area contributed by atoms with Crippen molar-refractivity contribution in [3.05, 3.63) is 28.3 Å². The van der Waals surface area contributed by atoms with E-state index in [1.807, 2.05) is 6.92 Å². The van der Waals surface area contributed by atoms with E-state index >= 15 is 0 Å². The zero-order valence-corrected chi connectivity index (χ0v) is 13.4. The van der Waals surface area contributed by atoms with Crippen molar-refractivity contribution in [3.8, 4) is 11.5 Å². The van der Waals surface area contributed by atoms with Gasteiger partial charge in [-0.15, -0.1) is 0 Å². The van der Waals surface area contributed by atoms with E-state index in [9.17, 15) is 9.59 Å². The largest absolute Gasteiger partial charge is 0.493 e. The Kier molecular flexibility index (Phi) is 4.99. The summed E-state index contributed by atoms with van der Waals surface area (Å²) in [5, 5.41) is 5.02. The van der Waals surface area contributed by atoms with Gasteiger partial charge in [-0.2, -0.15) is 0 Å². The Morgan fingerprint density at radius 3 is 2.45 bits per heavy atom. The highest BCUT2D eigenvalue weighted by atomic mass is 35.5. The molecule has 0 radical (unpaired) electrons. The molecule has 1 aromatic rings. The van der Waals surface area contributed by atoms with Crippen molar-refractivity contribution in [2.24, 2.45) is 0 Å². The number of benzene rings is 1. The maximum atomic E-state index is 11.8. The smallest absolute Gasteiger partial charge is 0.263 e. The van der Waals surface area contributed by atoms with Crippen LogP contribution in [-0.2, 0) is 9.59 Å². The molecule has 6 nitrogen and oxygen atoms in total. The zero-order chi connectivity index (χ0) is 16.3. The highest BCUT2D eigenvalue weighted by Gasteiger charge is 2.26. The molecule has 0 bridgehead atoms. The number of hydrogen-bond acceptors (Lipinski definition) is 5. The summed E-state index contributed by atoms with van der Waals surface area (Å²) in [5.41, 5.74) is 0.453. The van der Waals surface area contributed by atoms with Crippen LogP contribution >= 0.6 is 23.8 Å². The third-order valence-electron chi connectivity index (χ3n) is 2.79. The first-order chi connectivity index (χ1) is 10.5. The molecular weight excluding hydrogens is 328 g/mol. The summed E-state index contributed by atoms with van der Waals surface area (Å²) < 4.78 is 10.6. The van der Waals surface area contributed by atoms with Crippen LogP contribution in [0, 0.1) is 0 Å². The van der Waals surface area contributed by atoms with Crippen LogP contribution in [0.15, 0.2) is 17.7 Å². The molecular formula is C14H13ClN2O4S. The molecule has 1 aromatic carbocycles. The second kappa shape index (κ2) is 6.76. The van der Waals surface area contributed by atoms with Crippen molar-refractivity contribution < 1.29 is 19.1 Å². The fraction of sp³-hybridized carbons (Fsp3) is 0.214. The third-order valence-corrected chi connectivity index (χ3v) is 3.28. The van der Waals surface area contributed by atoms with Gasteiger partial charge in [-0.1, -0.05) is 11.6 Å². The minimum atomic E-state index is -0.572. The summed E-state index contributed by atoms with van der Waals surface area (Å²) in [4.78, 5) is 23.6. The van der Waals surface area contributed by atoms with Gasteiger partial charge in [0, 0.05) is 0 Å². The van der Waals surface area contributed by atoms with E-state index in [4.69, 9.17) is 33.3 Å². The van der Waals surface area contributed by atoms with Crippen LogP contribution in [0.4, 0.5) is 0 Å². The molecule has 0 aliphatic carbocycles. The molecule has 0 atom stereocenters. The Labute approximate surface area is 137 Å². The fourth-order valence-corrected chi connectivity index (χ4v) is 2.34. The number of amides is 2. The maximum Gasteiger partial charge on any atom is 0.263 e. The highest BCUT2D eigenvalue weighted by molar-refractivity contribution is 7.80. The quantitative estimate of drug-likeness (QED) is 0.495. The van der Waals surface area contributed by atoms with Crippen molar-refractivity contribution in [1.29, 1.82) is 0 Å². The molecule has 1 heterocycles. The molecule has 0 aromatic heterocycles. The predicted molar refractivity (Wildman–Crippen MR) is 86.0 cm³/mol. The molecule has 1 fully saturated rings. The molecule has 8 heteroatoms. The number of hydrogen-bond donors (Lipinski definition) is 2. The lowest BCUT2D eigenvalue weighted by Crippen LogP contribution is -2.51. The fourth-order valence-electron chi connectivity index (χ4n) is 1.88. The van der Waals surface area contributed by atoms with Gasteiger partial charge in [0.05, 0.1) is 18.7 Å². The standard InChI is InChI=1S/C14H13ClN2O4S/c1-3-21-11-9(15)5-7(6-10(11)20-2)4-8-12(18)16-14(22)17-13(8)19/h4-6H,3H2,1-2H3,(H2,16,17,18,19,22). The lowest BCUT2D eigenvalue weighted by molar-refractivity contribution is -0.123. The molecule has 0 spiro atoms. The van der Waals surface area contributed by atoms with E-state index in [0.29, 0.717) is 28.7 Å². The summed E-state index contributed by atoms with van der Waals surface area (Å²) in [6.07, 6.45) is 1.40. The maximum absolute atomic E-state index is 11.8. The summed E-state index contributed by atoms with van der Waals surface area (Å²) in [6.45, 7) is 2.25. The average Bonchev–Trinajstić information content (AvgIpc) is 2.45. The van der Waals surface area contributed by atoms with E-state index in [1.165, 1.54) is 13.2 Å². The SMILES string of the molecule is CCOc1c(Cl)cc(C=C2C(=O)NC(=S)NC2=O)cc1OC. The monoisotopic (exact) mass is 340 g/mol. The normalized spacial score (nSPS) is 14.3. The Balaban J connectivity index is 2.43. The minimum absolute atomic E-state index is 0.0190. The zero-order valence-electron chi connectivity index (χ0n) is 11.9. The lowest BCUT2D eigenvalue weighted by Gasteiger charge is -2.17. The van der Waals surface area contributed by atoms with E-state index in [0.717, 1.165) is 0 Å². The molecule has 2 N–H and O–H groups in total. The molecule has 2 amide bonds. The van der Waals surface area contributed by atoms with E-state index in [1.54, 1.807) is 12.1 Å². The van der Waals surface area contributed by atoms with Crippen LogP contribution in [0.1, 0.15) is 12.5 Å². The van der Waals surface area contributed by atoms with E-state index in [-0.39, 0.29) is 10.7 Å². The number of carbonyl (C=O) groups is 2. The molecule has 1 aliphatic heterocycles. The Bertz CT molecular complexity index is 666. The molecule has 0 saturated carbocycles. The van der Waals surface area contributed by atoms with Crippen molar-refractivity contribution in [2.45, 2.75) is 6.92 Å². The third kappa shape index (κ3) is 3.37. The highest BCUT2D eigenvalue weighted by Crippen LogP contribution is 2.37. The average molecular weight is 341 g/mol. The van der Waals surface area contributed by atoms with Crippen molar-refractivity contribution in [2.75, 3.05) is 13.7 Å². The summed E-state index contributed by atoms with van der Waals surface area (Å²) in [5.74, 6) is -0.323. The van der Waals surface area contributed by atoms with Gasteiger partial charge in [0.15, 0.2) is 16.6 Å². The molecule has 22 heavy (non-hydrogen) atoms. The van der Waals surface area contributed by atoms with Gasteiger partial charge in [-0.25, -0.2) is 0 Å². The molecule has 1 aliphatic rings. The van der Waals surface area contributed by atoms with Crippen LogP contribution in [0.2, 0.25) is 5.02 Å². The lowest BCUT2D eigenvalue weighted by atomic mass is 10.1. The number of rotatable bonds is 4. The second-order valence-corrected chi connectivity index (χ2v) is 5.08. The molecule has 116 valence electrons. The molecule has 0 unspecified atom stereocenters. The number of methoxy groups -OCH3 is 1. The summed E-state index contributed by atoms with van der Waals surface area (Å²) >= 11 is 10.9. The first-order valence-corrected chi connectivity index (χ1v) is 7.13. The molecule has 1 saturated heterocycles. The van der Waals surface area contributed by atoms with Crippen LogP contribution in [0.5, 0.6) is 11.5 Å². The first kappa shape index (κ1) is 16.3. The Morgan fingerprint density at radius 1 is 1.27 bits per heavy atom. The van der Waals surface area contributed by atoms with Crippen LogP contribution in [0.3, 0.4) is 0 Å². The Morgan fingerprint density at radius 2 is 1.91 bits per heavy atom. The van der Waals surface area contributed by atoms with Crippen LogP contribution < -0.4 is 20.1 Å². The van der Waals surface area contributed by atoms with Gasteiger partial charge in [-0.05, 0) is 42.9 Å². The molecule has 2 rings (SSSR count). The van der Waals surface area contributed by atoms with Gasteiger partial charge in [0.2, 0.25) is 0 Å². The first-order valence-electron chi connectivity index (χ1n) is 6.35. The van der Waals surface area contributed by atoms with E-state index < -0.39 is 11.8 Å². The second-order valence-electron chi connectivity index (χ2n) is 4.26. The number of nitrogens with one attached hydrogen (secondary N) is 2. The Hall–Kier alpha value is -2.12. The van der Waals surface area contributed by atoms with Crippen molar-refractivity contribution in [3.63, 3.8) is 0 Å². The van der Waals surface area contributed by atoms with Gasteiger partial charge in [-0.3, -0.25) is 20.2 Å². The van der Waals surface area contributed by atoms with Crippen molar-refractivity contribution in [1.82, 2.24) is 10.6 Å². The van der Waals surface area contributed by atoms with Gasteiger partial charge >= 0.3 is 0 Å². The number of thiocarbonyl (C=S) groups is 1. The van der Waals surface area contributed by atoms with Gasteiger partial charge in [0.1, 0.15) is 5.57 Å². The van der Waals surface area contributed by atoms with Crippen molar-refractivity contribution >= 4 is 46.8 Å². The summed E-state index contributed by atoms with van der Waals surface area (Å²) in [7, 11) is 1.48. The summed E-state index contributed by atoms with van der Waals surface area (Å²) in [6, 6.07) is 3.20. The van der Waals surface area contributed by atoms with Gasteiger partial charge in [0.25, 0.3) is 11.8 Å². The number of halogens is 1. The number of ether oxygens (including phenoxy) is 2. The van der Waals surface area contributed by atoms with Crippen LogP contribution in [0.25, 0.3) is 6.08 Å². The number of carbonyl (C=O) groups excluding carboxylic acids is 2. The van der Waals surface area contributed by atoms with Gasteiger partial charge < -0.3 is 9.47 Å². The van der Waals surface area contributed by atoms with E-state index in [2.05, 4.69) is 10.6 Å². The predicted octanol–water partition coefficient (Wildman–Crippen LogP) is 1.66.